The first kappa shape index (κ1) is 15.8. The summed E-state index contributed by atoms with van der Waals surface area (Å²) in [5.41, 5.74) is 8.43. The highest BCUT2D eigenvalue weighted by atomic mass is 79.9. The van der Waals surface area contributed by atoms with Gasteiger partial charge in [0.2, 0.25) is 0 Å². The average Bonchev–Trinajstić information content (AvgIpc) is 2.46. The first-order valence-electron chi connectivity index (χ1n) is 7.57. The van der Waals surface area contributed by atoms with Crippen molar-refractivity contribution in [2.45, 2.75) is 39.3 Å². The Morgan fingerprint density at radius 1 is 1.20 bits per heavy atom. The van der Waals surface area contributed by atoms with Crippen molar-refractivity contribution in [3.63, 3.8) is 0 Å². The molecule has 0 bridgehead atoms. The van der Waals surface area contributed by atoms with E-state index in [1.807, 2.05) is 6.92 Å². The maximum absolute atomic E-state index is 5.96. The molecule has 1 aromatic rings. The minimum atomic E-state index is 0.0701. The SMILES string of the molecule is CCC(C)N1CCN(c2ccc([C@@H](C)N)c(Br)c2)CC1. The first-order chi connectivity index (χ1) is 9.52. The molecular weight excluding hydrogens is 314 g/mol. The lowest BCUT2D eigenvalue weighted by Crippen LogP contribution is -2.49. The highest BCUT2D eigenvalue weighted by molar-refractivity contribution is 9.10. The van der Waals surface area contributed by atoms with E-state index in [-0.39, 0.29) is 6.04 Å². The minimum Gasteiger partial charge on any atom is -0.369 e. The molecule has 4 heteroatoms. The number of halogens is 1. The summed E-state index contributed by atoms with van der Waals surface area (Å²) in [6, 6.07) is 7.32. The average molecular weight is 340 g/mol. The van der Waals surface area contributed by atoms with E-state index in [0.29, 0.717) is 6.04 Å². The zero-order valence-electron chi connectivity index (χ0n) is 12.8. The molecule has 0 saturated carbocycles. The van der Waals surface area contributed by atoms with Crippen molar-refractivity contribution in [3.05, 3.63) is 28.2 Å². The Kier molecular flexibility index (Phi) is 5.47. The van der Waals surface area contributed by atoms with Gasteiger partial charge in [0.15, 0.2) is 0 Å². The van der Waals surface area contributed by atoms with Crippen LogP contribution in [0.1, 0.15) is 38.8 Å². The van der Waals surface area contributed by atoms with Crippen molar-refractivity contribution in [2.24, 2.45) is 5.73 Å². The molecule has 1 aliphatic heterocycles. The highest BCUT2D eigenvalue weighted by Crippen LogP contribution is 2.28. The third-order valence-electron chi connectivity index (χ3n) is 4.37. The van der Waals surface area contributed by atoms with E-state index in [9.17, 15) is 0 Å². The summed E-state index contributed by atoms with van der Waals surface area (Å²) in [4.78, 5) is 5.05. The van der Waals surface area contributed by atoms with Crippen LogP contribution in [-0.4, -0.2) is 37.1 Å². The molecule has 1 heterocycles. The molecule has 2 N–H and O–H groups in total. The second-order valence-electron chi connectivity index (χ2n) is 5.77. The quantitative estimate of drug-likeness (QED) is 0.912. The van der Waals surface area contributed by atoms with Gasteiger partial charge < -0.3 is 10.6 Å². The predicted molar refractivity (Wildman–Crippen MR) is 90.3 cm³/mol. The Bertz CT molecular complexity index is 439. The van der Waals surface area contributed by atoms with Crippen LogP contribution in [0, 0.1) is 0 Å². The lowest BCUT2D eigenvalue weighted by molar-refractivity contribution is 0.193. The van der Waals surface area contributed by atoms with Gasteiger partial charge in [0.25, 0.3) is 0 Å². The Morgan fingerprint density at radius 2 is 1.85 bits per heavy atom. The van der Waals surface area contributed by atoms with Crippen LogP contribution in [0.15, 0.2) is 22.7 Å². The molecule has 1 aromatic carbocycles. The zero-order chi connectivity index (χ0) is 14.7. The van der Waals surface area contributed by atoms with Gasteiger partial charge in [0.05, 0.1) is 0 Å². The molecule has 1 fully saturated rings. The Balaban J connectivity index is 2.02. The fraction of sp³-hybridized carbons (Fsp3) is 0.625. The van der Waals surface area contributed by atoms with Crippen molar-refractivity contribution < 1.29 is 0 Å². The molecule has 0 aromatic heterocycles. The lowest BCUT2D eigenvalue weighted by atomic mass is 10.1. The molecule has 20 heavy (non-hydrogen) atoms. The molecule has 2 atom stereocenters. The third kappa shape index (κ3) is 3.54. The van der Waals surface area contributed by atoms with E-state index in [4.69, 9.17) is 5.73 Å². The molecule has 112 valence electrons. The summed E-state index contributed by atoms with van der Waals surface area (Å²) in [7, 11) is 0. The molecule has 1 unspecified atom stereocenters. The molecular formula is C16H26BrN3. The van der Waals surface area contributed by atoms with E-state index >= 15 is 0 Å². The summed E-state index contributed by atoms with van der Waals surface area (Å²) in [5, 5.41) is 0. The van der Waals surface area contributed by atoms with Gasteiger partial charge in [-0.15, -0.1) is 0 Å². The fourth-order valence-electron chi connectivity index (χ4n) is 2.76. The van der Waals surface area contributed by atoms with E-state index < -0.39 is 0 Å². The second kappa shape index (κ2) is 6.92. The largest absolute Gasteiger partial charge is 0.369 e. The second-order valence-corrected chi connectivity index (χ2v) is 6.63. The Labute approximate surface area is 131 Å². The number of benzene rings is 1. The summed E-state index contributed by atoms with van der Waals surface area (Å²) < 4.78 is 1.12. The molecule has 0 spiro atoms. The third-order valence-corrected chi connectivity index (χ3v) is 5.05. The number of rotatable bonds is 4. The molecule has 1 aliphatic rings. The normalized spacial score (nSPS) is 19.9. The smallest absolute Gasteiger partial charge is 0.0378 e. The number of hydrogen-bond acceptors (Lipinski definition) is 3. The Hall–Kier alpha value is -0.580. The van der Waals surface area contributed by atoms with Gasteiger partial charge in [-0.25, -0.2) is 0 Å². The maximum Gasteiger partial charge on any atom is 0.0378 e. The van der Waals surface area contributed by atoms with Crippen LogP contribution in [0.25, 0.3) is 0 Å². The fourth-order valence-corrected chi connectivity index (χ4v) is 3.49. The standard InChI is InChI=1S/C16H26BrN3/c1-4-12(2)19-7-9-20(10-8-19)14-5-6-15(13(3)18)16(17)11-14/h5-6,11-13H,4,7-10,18H2,1-3H3/t12?,13-/m1/s1. The van der Waals surface area contributed by atoms with Crippen LogP contribution in [0.5, 0.6) is 0 Å². The van der Waals surface area contributed by atoms with E-state index in [1.54, 1.807) is 0 Å². The number of piperazine rings is 1. The van der Waals surface area contributed by atoms with E-state index in [2.05, 4.69) is 57.8 Å². The van der Waals surface area contributed by atoms with Gasteiger partial charge >= 0.3 is 0 Å². The summed E-state index contributed by atoms with van der Waals surface area (Å²) >= 11 is 3.64. The lowest BCUT2D eigenvalue weighted by Gasteiger charge is -2.39. The van der Waals surface area contributed by atoms with Gasteiger partial charge in [0.1, 0.15) is 0 Å². The van der Waals surface area contributed by atoms with Crippen molar-refractivity contribution in [3.8, 4) is 0 Å². The summed E-state index contributed by atoms with van der Waals surface area (Å²) in [5.74, 6) is 0. The van der Waals surface area contributed by atoms with Gasteiger partial charge in [-0.2, -0.15) is 0 Å². The van der Waals surface area contributed by atoms with Crippen molar-refractivity contribution in [1.29, 1.82) is 0 Å². The van der Waals surface area contributed by atoms with Crippen molar-refractivity contribution in [1.82, 2.24) is 4.90 Å². The van der Waals surface area contributed by atoms with Crippen molar-refractivity contribution >= 4 is 21.6 Å². The topological polar surface area (TPSA) is 32.5 Å². The number of nitrogens with zero attached hydrogens (tertiary/aromatic N) is 2. The monoisotopic (exact) mass is 339 g/mol. The summed E-state index contributed by atoms with van der Waals surface area (Å²) in [6.07, 6.45) is 1.23. The van der Waals surface area contributed by atoms with Crippen LogP contribution in [0.4, 0.5) is 5.69 Å². The minimum absolute atomic E-state index is 0.0701. The van der Waals surface area contributed by atoms with Crippen molar-refractivity contribution in [2.75, 3.05) is 31.1 Å². The van der Waals surface area contributed by atoms with Gasteiger partial charge in [-0.3, -0.25) is 4.90 Å². The molecule has 3 nitrogen and oxygen atoms in total. The van der Waals surface area contributed by atoms with Crippen LogP contribution in [-0.2, 0) is 0 Å². The number of nitrogens with two attached hydrogens (primary N) is 1. The molecule has 0 amide bonds. The molecule has 1 saturated heterocycles. The molecule has 2 rings (SSSR count). The maximum atomic E-state index is 5.96. The van der Waals surface area contributed by atoms with Crippen LogP contribution >= 0.6 is 15.9 Å². The first-order valence-corrected chi connectivity index (χ1v) is 8.36. The van der Waals surface area contributed by atoms with Gasteiger partial charge in [-0.1, -0.05) is 28.9 Å². The zero-order valence-corrected chi connectivity index (χ0v) is 14.4. The van der Waals surface area contributed by atoms with E-state index in [0.717, 1.165) is 30.7 Å². The van der Waals surface area contributed by atoms with Crippen LogP contribution < -0.4 is 10.6 Å². The molecule has 0 aliphatic carbocycles. The highest BCUT2D eigenvalue weighted by Gasteiger charge is 2.20. The van der Waals surface area contributed by atoms with E-state index in [1.165, 1.54) is 17.7 Å². The Morgan fingerprint density at radius 3 is 2.35 bits per heavy atom. The predicted octanol–water partition coefficient (Wildman–Crippen LogP) is 3.39. The van der Waals surface area contributed by atoms with Crippen LogP contribution in [0.3, 0.4) is 0 Å². The van der Waals surface area contributed by atoms with Gasteiger partial charge in [0, 0.05) is 48.4 Å². The number of anilines is 1. The molecule has 0 radical (unpaired) electrons. The van der Waals surface area contributed by atoms with Crippen LogP contribution in [0.2, 0.25) is 0 Å². The number of hydrogen-bond donors (Lipinski definition) is 1. The van der Waals surface area contributed by atoms with Gasteiger partial charge in [-0.05, 0) is 38.0 Å². The summed E-state index contributed by atoms with van der Waals surface area (Å²) in [6.45, 7) is 11.1.